The number of benzene rings is 1. The number of esters is 1. The number of aliphatic hydroxyl groups excluding tert-OH is 1. The molecule has 0 spiro atoms. The molecule has 2 unspecified atom stereocenters. The summed E-state index contributed by atoms with van der Waals surface area (Å²) in [6.45, 7) is 3.36. The normalized spacial score (nSPS) is 13.3. The van der Waals surface area contributed by atoms with Crippen LogP contribution in [0.3, 0.4) is 0 Å². The standard InChI is InChI=1S/C17H22N2O6/c1-12(17(22)25-3)10-18(11-13(2)20)16(21)9-6-14-4-7-15(8-5-14)19(23)24/h4-9,12-13,20H,10-11H2,1-3H3/b9-6+. The molecule has 25 heavy (non-hydrogen) atoms. The van der Waals surface area contributed by atoms with Gasteiger partial charge in [0.1, 0.15) is 0 Å². The van der Waals surface area contributed by atoms with Crippen molar-refractivity contribution in [1.82, 2.24) is 4.90 Å². The van der Waals surface area contributed by atoms with Crippen molar-refractivity contribution in [2.75, 3.05) is 20.2 Å². The number of rotatable bonds is 8. The Morgan fingerprint density at radius 3 is 2.36 bits per heavy atom. The average molecular weight is 350 g/mol. The zero-order chi connectivity index (χ0) is 19.0. The minimum Gasteiger partial charge on any atom is -0.469 e. The number of methoxy groups -OCH3 is 1. The molecule has 0 aromatic heterocycles. The van der Waals surface area contributed by atoms with E-state index in [0.717, 1.165) is 0 Å². The van der Waals surface area contributed by atoms with Crippen molar-refractivity contribution in [2.24, 2.45) is 5.92 Å². The molecule has 0 aliphatic carbocycles. The van der Waals surface area contributed by atoms with Gasteiger partial charge in [0.2, 0.25) is 5.91 Å². The number of non-ortho nitro benzene ring substituents is 1. The van der Waals surface area contributed by atoms with E-state index in [1.165, 1.54) is 48.4 Å². The van der Waals surface area contributed by atoms with Gasteiger partial charge in [-0.3, -0.25) is 19.7 Å². The number of carbonyl (C=O) groups excluding carboxylic acids is 2. The number of nitro benzene ring substituents is 1. The molecule has 0 radical (unpaired) electrons. The lowest BCUT2D eigenvalue weighted by Gasteiger charge is -2.25. The number of ether oxygens (including phenoxy) is 1. The maximum absolute atomic E-state index is 12.3. The van der Waals surface area contributed by atoms with Crippen molar-refractivity contribution in [3.05, 3.63) is 46.0 Å². The molecule has 0 aliphatic rings. The summed E-state index contributed by atoms with van der Waals surface area (Å²) in [4.78, 5) is 35.3. The lowest BCUT2D eigenvalue weighted by atomic mass is 10.1. The largest absolute Gasteiger partial charge is 0.469 e. The number of hydrogen-bond donors (Lipinski definition) is 1. The van der Waals surface area contributed by atoms with Crippen LogP contribution in [0.2, 0.25) is 0 Å². The van der Waals surface area contributed by atoms with Gasteiger partial charge < -0.3 is 14.7 Å². The number of aliphatic hydroxyl groups is 1. The summed E-state index contributed by atoms with van der Waals surface area (Å²) in [6.07, 6.45) is 2.07. The molecule has 0 fully saturated rings. The predicted molar refractivity (Wildman–Crippen MR) is 91.6 cm³/mol. The molecule has 0 bridgehead atoms. The van der Waals surface area contributed by atoms with Crippen LogP contribution in [0.1, 0.15) is 19.4 Å². The molecule has 2 atom stereocenters. The van der Waals surface area contributed by atoms with Gasteiger partial charge in [-0.1, -0.05) is 6.92 Å². The lowest BCUT2D eigenvalue weighted by Crippen LogP contribution is -2.40. The van der Waals surface area contributed by atoms with Crippen LogP contribution in [0.4, 0.5) is 5.69 Å². The first kappa shape index (κ1) is 20.3. The van der Waals surface area contributed by atoms with Gasteiger partial charge in [-0.15, -0.1) is 0 Å². The highest BCUT2D eigenvalue weighted by molar-refractivity contribution is 5.92. The van der Waals surface area contributed by atoms with E-state index in [2.05, 4.69) is 4.74 Å². The summed E-state index contributed by atoms with van der Waals surface area (Å²) < 4.78 is 4.64. The van der Waals surface area contributed by atoms with Crippen molar-refractivity contribution in [1.29, 1.82) is 0 Å². The number of amides is 1. The number of hydrogen-bond acceptors (Lipinski definition) is 6. The lowest BCUT2D eigenvalue weighted by molar-refractivity contribution is -0.384. The van der Waals surface area contributed by atoms with Crippen LogP contribution in [0.25, 0.3) is 6.08 Å². The van der Waals surface area contributed by atoms with Gasteiger partial charge in [0, 0.05) is 31.3 Å². The minimum absolute atomic E-state index is 0.0360. The molecule has 136 valence electrons. The van der Waals surface area contributed by atoms with Gasteiger partial charge in [-0.2, -0.15) is 0 Å². The van der Waals surface area contributed by atoms with Gasteiger partial charge in [-0.05, 0) is 30.7 Å². The van der Waals surface area contributed by atoms with E-state index in [9.17, 15) is 24.8 Å². The SMILES string of the molecule is COC(=O)C(C)CN(CC(C)O)C(=O)/C=C/c1ccc([N+](=O)[O-])cc1. The van der Waals surface area contributed by atoms with Crippen LogP contribution in [-0.2, 0) is 14.3 Å². The minimum atomic E-state index is -0.749. The van der Waals surface area contributed by atoms with Gasteiger partial charge in [0.15, 0.2) is 0 Å². The second-order valence-corrected chi connectivity index (χ2v) is 5.70. The molecule has 0 saturated heterocycles. The summed E-state index contributed by atoms with van der Waals surface area (Å²) in [5.41, 5.74) is 0.586. The highest BCUT2D eigenvalue weighted by atomic mass is 16.6. The third-order valence-electron chi connectivity index (χ3n) is 3.42. The number of nitrogens with zero attached hydrogens (tertiary/aromatic N) is 2. The first-order chi connectivity index (χ1) is 11.7. The Morgan fingerprint density at radius 2 is 1.88 bits per heavy atom. The van der Waals surface area contributed by atoms with E-state index < -0.39 is 22.9 Å². The zero-order valence-electron chi connectivity index (χ0n) is 14.4. The van der Waals surface area contributed by atoms with Crippen LogP contribution >= 0.6 is 0 Å². The fourth-order valence-corrected chi connectivity index (χ4v) is 2.16. The maximum Gasteiger partial charge on any atom is 0.310 e. The molecule has 8 nitrogen and oxygen atoms in total. The third kappa shape index (κ3) is 6.72. The third-order valence-corrected chi connectivity index (χ3v) is 3.42. The highest BCUT2D eigenvalue weighted by Crippen LogP contribution is 2.13. The zero-order valence-corrected chi connectivity index (χ0v) is 14.4. The second kappa shape index (κ2) is 9.53. The van der Waals surface area contributed by atoms with Crippen molar-refractivity contribution in [3.63, 3.8) is 0 Å². The van der Waals surface area contributed by atoms with Gasteiger partial charge in [-0.25, -0.2) is 0 Å². The molecule has 1 aromatic rings. The van der Waals surface area contributed by atoms with E-state index in [1.807, 2.05) is 0 Å². The Labute approximate surface area is 145 Å². The summed E-state index contributed by atoms with van der Waals surface area (Å²) in [5.74, 6) is -1.35. The smallest absolute Gasteiger partial charge is 0.310 e. The van der Waals surface area contributed by atoms with Gasteiger partial charge in [0.05, 0.1) is 24.1 Å². The van der Waals surface area contributed by atoms with Gasteiger partial charge >= 0.3 is 5.97 Å². The van der Waals surface area contributed by atoms with Crippen LogP contribution in [0.5, 0.6) is 0 Å². The first-order valence-corrected chi connectivity index (χ1v) is 7.72. The topological polar surface area (TPSA) is 110 Å². The molecule has 1 aromatic carbocycles. The Bertz CT molecular complexity index is 639. The summed E-state index contributed by atoms with van der Waals surface area (Å²) in [7, 11) is 1.27. The molecule has 1 amide bonds. The van der Waals surface area contributed by atoms with E-state index in [-0.39, 0.29) is 24.7 Å². The molecule has 8 heteroatoms. The molecule has 1 rings (SSSR count). The molecule has 0 heterocycles. The maximum atomic E-state index is 12.3. The fraction of sp³-hybridized carbons (Fsp3) is 0.412. The van der Waals surface area contributed by atoms with E-state index in [0.29, 0.717) is 5.56 Å². The Balaban J connectivity index is 2.82. The quantitative estimate of drug-likeness (QED) is 0.330. The van der Waals surface area contributed by atoms with E-state index >= 15 is 0 Å². The Kier molecular flexibility index (Phi) is 7.74. The van der Waals surface area contributed by atoms with Crippen LogP contribution in [0.15, 0.2) is 30.3 Å². The van der Waals surface area contributed by atoms with Crippen LogP contribution in [0, 0.1) is 16.0 Å². The van der Waals surface area contributed by atoms with Crippen LogP contribution < -0.4 is 0 Å². The summed E-state index contributed by atoms with van der Waals surface area (Å²) in [5, 5.41) is 20.2. The van der Waals surface area contributed by atoms with Gasteiger partial charge in [0.25, 0.3) is 5.69 Å². The summed E-state index contributed by atoms with van der Waals surface area (Å²) >= 11 is 0. The number of carbonyl (C=O) groups is 2. The van der Waals surface area contributed by atoms with E-state index in [4.69, 9.17) is 0 Å². The first-order valence-electron chi connectivity index (χ1n) is 7.72. The molecular weight excluding hydrogens is 328 g/mol. The molecule has 1 N–H and O–H groups in total. The van der Waals surface area contributed by atoms with Crippen molar-refractivity contribution >= 4 is 23.6 Å². The molecule has 0 aliphatic heterocycles. The van der Waals surface area contributed by atoms with Crippen molar-refractivity contribution in [3.8, 4) is 0 Å². The van der Waals surface area contributed by atoms with Crippen LogP contribution in [-0.4, -0.2) is 53.1 Å². The molecule has 0 saturated carbocycles. The average Bonchev–Trinajstić information content (AvgIpc) is 2.58. The fourth-order valence-electron chi connectivity index (χ4n) is 2.16. The predicted octanol–water partition coefficient (Wildman–Crippen LogP) is 1.63. The Morgan fingerprint density at radius 1 is 1.28 bits per heavy atom. The van der Waals surface area contributed by atoms with Crippen molar-refractivity contribution in [2.45, 2.75) is 20.0 Å². The summed E-state index contributed by atoms with van der Waals surface area (Å²) in [6, 6.07) is 5.74. The monoisotopic (exact) mass is 350 g/mol. The highest BCUT2D eigenvalue weighted by Gasteiger charge is 2.21. The van der Waals surface area contributed by atoms with E-state index in [1.54, 1.807) is 13.8 Å². The second-order valence-electron chi connectivity index (χ2n) is 5.70. The molecular formula is C17H22N2O6. The number of nitro groups is 1. The van der Waals surface area contributed by atoms with Crippen molar-refractivity contribution < 1.29 is 24.4 Å². The Hall–Kier alpha value is -2.74.